The number of rotatable bonds is 6. The molecule has 2 N–H and O–H groups in total. The van der Waals surface area contributed by atoms with Crippen LogP contribution in [0.3, 0.4) is 0 Å². The highest BCUT2D eigenvalue weighted by molar-refractivity contribution is 5.98. The van der Waals surface area contributed by atoms with Crippen molar-refractivity contribution in [3.63, 3.8) is 0 Å². The summed E-state index contributed by atoms with van der Waals surface area (Å²) in [6, 6.07) is 7.32. The lowest BCUT2D eigenvalue weighted by molar-refractivity contribution is 0.0832. The van der Waals surface area contributed by atoms with E-state index in [1.165, 1.54) is 0 Å². The Hall–Kier alpha value is -2.25. The maximum absolute atomic E-state index is 12.6. The van der Waals surface area contributed by atoms with Crippen LogP contribution in [0.5, 0.6) is 5.75 Å². The van der Waals surface area contributed by atoms with Crippen molar-refractivity contribution in [2.24, 2.45) is 11.7 Å². The molecule has 0 atom stereocenters. The molecule has 1 fully saturated rings. The van der Waals surface area contributed by atoms with Crippen molar-refractivity contribution in [2.45, 2.75) is 25.9 Å². The molecule has 7 nitrogen and oxygen atoms in total. The molecule has 0 radical (unpaired) electrons. The number of carbonyl (C=O) groups excluding carboxylic acids is 1. The minimum Gasteiger partial charge on any atom is -0.497 e. The number of Topliss-reactive ketones (excluding diaryl/α,β-unsaturated/α-hetero) is 1. The third-order valence-electron chi connectivity index (χ3n) is 4.38. The fourth-order valence-corrected chi connectivity index (χ4v) is 2.98. The Balaban J connectivity index is 1.53. The zero-order chi connectivity index (χ0) is 16.9. The fraction of sp³-hybridized carbons (Fsp3) is 0.471. The molecule has 7 heteroatoms. The van der Waals surface area contributed by atoms with Gasteiger partial charge in [0.2, 0.25) is 5.89 Å². The third kappa shape index (κ3) is 3.80. The highest BCUT2D eigenvalue weighted by atomic mass is 16.5. The molecule has 24 heavy (non-hydrogen) atoms. The Labute approximate surface area is 140 Å². The lowest BCUT2D eigenvalue weighted by Gasteiger charge is -2.30. The van der Waals surface area contributed by atoms with Gasteiger partial charge in [0.05, 0.1) is 20.2 Å². The number of ketones is 1. The lowest BCUT2D eigenvalue weighted by Crippen LogP contribution is -2.36. The second kappa shape index (κ2) is 7.55. The van der Waals surface area contributed by atoms with Crippen molar-refractivity contribution in [1.29, 1.82) is 0 Å². The average molecular weight is 330 g/mol. The van der Waals surface area contributed by atoms with E-state index in [1.807, 2.05) is 24.3 Å². The molecule has 1 aliphatic rings. The van der Waals surface area contributed by atoms with Crippen LogP contribution in [0.15, 0.2) is 28.8 Å². The first-order chi connectivity index (χ1) is 11.7. The van der Waals surface area contributed by atoms with Crippen LogP contribution in [-0.4, -0.2) is 41.0 Å². The van der Waals surface area contributed by atoms with E-state index in [9.17, 15) is 4.79 Å². The zero-order valence-corrected chi connectivity index (χ0v) is 13.8. The van der Waals surface area contributed by atoms with Gasteiger partial charge in [0.25, 0.3) is 0 Å². The molecule has 1 aliphatic heterocycles. The Morgan fingerprint density at radius 1 is 1.33 bits per heavy atom. The van der Waals surface area contributed by atoms with Crippen molar-refractivity contribution in [2.75, 3.05) is 20.2 Å². The number of ether oxygens (including phenoxy) is 1. The van der Waals surface area contributed by atoms with Crippen LogP contribution >= 0.6 is 0 Å². The third-order valence-corrected chi connectivity index (χ3v) is 4.38. The fourth-order valence-electron chi connectivity index (χ4n) is 2.98. The summed E-state index contributed by atoms with van der Waals surface area (Å²) in [5.41, 5.74) is 6.22. The smallest absolute Gasteiger partial charge is 0.240 e. The molecule has 128 valence electrons. The number of methoxy groups -OCH3 is 1. The van der Waals surface area contributed by atoms with Gasteiger partial charge in [0.1, 0.15) is 5.75 Å². The van der Waals surface area contributed by atoms with E-state index in [0.717, 1.165) is 37.2 Å². The molecule has 3 rings (SSSR count). The number of hydrogen-bond acceptors (Lipinski definition) is 7. The number of piperidine rings is 1. The molecule has 0 unspecified atom stereocenters. The summed E-state index contributed by atoms with van der Waals surface area (Å²) in [6.45, 7) is 2.58. The van der Waals surface area contributed by atoms with Gasteiger partial charge in [-0.1, -0.05) is 5.16 Å². The van der Waals surface area contributed by atoms with Crippen molar-refractivity contribution >= 4 is 5.78 Å². The number of nitrogens with two attached hydrogens (primary N) is 1. The van der Waals surface area contributed by atoms with Crippen LogP contribution in [0, 0.1) is 5.92 Å². The Morgan fingerprint density at radius 3 is 2.62 bits per heavy atom. The molecule has 0 amide bonds. The van der Waals surface area contributed by atoms with Gasteiger partial charge in [0, 0.05) is 11.5 Å². The molecular formula is C17H22N4O3. The number of hydrogen-bond donors (Lipinski definition) is 1. The first-order valence-electron chi connectivity index (χ1n) is 8.11. The van der Waals surface area contributed by atoms with Crippen LogP contribution in [0.2, 0.25) is 0 Å². The maximum Gasteiger partial charge on any atom is 0.240 e. The van der Waals surface area contributed by atoms with Crippen LogP contribution in [-0.2, 0) is 13.1 Å². The monoisotopic (exact) mass is 330 g/mol. The van der Waals surface area contributed by atoms with Crippen LogP contribution in [0.1, 0.15) is 34.9 Å². The van der Waals surface area contributed by atoms with E-state index in [-0.39, 0.29) is 18.2 Å². The van der Waals surface area contributed by atoms with Crippen LogP contribution in [0.25, 0.3) is 0 Å². The first kappa shape index (κ1) is 16.6. The van der Waals surface area contributed by atoms with Crippen molar-refractivity contribution < 1.29 is 14.1 Å². The second-order valence-corrected chi connectivity index (χ2v) is 5.95. The Kier molecular flexibility index (Phi) is 5.22. The van der Waals surface area contributed by atoms with Gasteiger partial charge in [-0.25, -0.2) is 0 Å². The quantitative estimate of drug-likeness (QED) is 0.804. The number of nitrogens with zero attached hydrogens (tertiary/aromatic N) is 3. The van der Waals surface area contributed by atoms with E-state index in [2.05, 4.69) is 15.0 Å². The topological polar surface area (TPSA) is 94.5 Å². The summed E-state index contributed by atoms with van der Waals surface area (Å²) in [5.74, 6) is 2.14. The summed E-state index contributed by atoms with van der Waals surface area (Å²) in [6.07, 6.45) is 1.68. The van der Waals surface area contributed by atoms with Gasteiger partial charge >= 0.3 is 0 Å². The van der Waals surface area contributed by atoms with Crippen LogP contribution < -0.4 is 10.5 Å². The van der Waals surface area contributed by atoms with Gasteiger partial charge in [-0.2, -0.15) is 4.98 Å². The number of likely N-dealkylation sites (tertiary alicyclic amines) is 1. The molecule has 0 saturated carbocycles. The van der Waals surface area contributed by atoms with E-state index in [0.29, 0.717) is 18.3 Å². The van der Waals surface area contributed by atoms with Gasteiger partial charge in [-0.15, -0.1) is 0 Å². The lowest BCUT2D eigenvalue weighted by atomic mass is 9.89. The summed E-state index contributed by atoms with van der Waals surface area (Å²) in [4.78, 5) is 19.1. The molecule has 2 heterocycles. The Bertz CT molecular complexity index is 675. The van der Waals surface area contributed by atoms with E-state index >= 15 is 0 Å². The predicted molar refractivity (Wildman–Crippen MR) is 87.5 cm³/mol. The normalized spacial score (nSPS) is 16.2. The number of aromatic nitrogens is 2. The van der Waals surface area contributed by atoms with E-state index < -0.39 is 0 Å². The Morgan fingerprint density at radius 2 is 2.04 bits per heavy atom. The molecule has 0 aliphatic carbocycles. The number of benzene rings is 1. The molecule has 0 spiro atoms. The number of carbonyl (C=O) groups is 1. The zero-order valence-electron chi connectivity index (χ0n) is 13.8. The molecule has 1 aromatic heterocycles. The SMILES string of the molecule is COc1ccc(C(=O)C2CCN(Cc3noc(CN)n3)CC2)cc1. The van der Waals surface area contributed by atoms with Crippen molar-refractivity contribution in [3.8, 4) is 5.75 Å². The summed E-state index contributed by atoms with van der Waals surface area (Å²) in [5, 5.41) is 3.91. The molecular weight excluding hydrogens is 308 g/mol. The highest BCUT2D eigenvalue weighted by Crippen LogP contribution is 2.23. The summed E-state index contributed by atoms with van der Waals surface area (Å²) in [7, 11) is 1.62. The van der Waals surface area contributed by atoms with Crippen LogP contribution in [0.4, 0.5) is 0 Å². The maximum atomic E-state index is 12.6. The second-order valence-electron chi connectivity index (χ2n) is 5.95. The standard InChI is InChI=1S/C17H22N4O3/c1-23-14-4-2-12(3-5-14)17(22)13-6-8-21(9-7-13)11-15-19-16(10-18)24-20-15/h2-5,13H,6-11,18H2,1H3. The predicted octanol–water partition coefficient (Wildman–Crippen LogP) is 1.63. The largest absolute Gasteiger partial charge is 0.497 e. The van der Waals surface area contributed by atoms with E-state index in [1.54, 1.807) is 7.11 Å². The molecule has 2 aromatic rings. The van der Waals surface area contributed by atoms with Gasteiger partial charge < -0.3 is 15.0 Å². The van der Waals surface area contributed by atoms with Gasteiger partial charge in [-0.05, 0) is 50.2 Å². The van der Waals surface area contributed by atoms with Gasteiger partial charge in [-0.3, -0.25) is 9.69 Å². The molecule has 1 saturated heterocycles. The van der Waals surface area contributed by atoms with E-state index in [4.69, 9.17) is 15.0 Å². The minimum atomic E-state index is 0.0690. The molecule has 0 bridgehead atoms. The summed E-state index contributed by atoms with van der Waals surface area (Å²) >= 11 is 0. The molecule has 1 aromatic carbocycles. The highest BCUT2D eigenvalue weighted by Gasteiger charge is 2.26. The first-order valence-corrected chi connectivity index (χ1v) is 8.11. The summed E-state index contributed by atoms with van der Waals surface area (Å²) < 4.78 is 10.1. The minimum absolute atomic E-state index is 0.0690. The van der Waals surface area contributed by atoms with Crippen molar-refractivity contribution in [1.82, 2.24) is 15.0 Å². The van der Waals surface area contributed by atoms with Gasteiger partial charge in [0.15, 0.2) is 11.6 Å². The van der Waals surface area contributed by atoms with Crippen molar-refractivity contribution in [3.05, 3.63) is 41.5 Å². The average Bonchev–Trinajstić information content (AvgIpc) is 3.09.